The van der Waals surface area contributed by atoms with E-state index in [0.717, 1.165) is 24.0 Å². The highest BCUT2D eigenvalue weighted by molar-refractivity contribution is 5.99. The predicted molar refractivity (Wildman–Crippen MR) is 116 cm³/mol. The highest BCUT2D eigenvalue weighted by Gasteiger charge is 2.10. The number of aryl methyl sites for hydroxylation is 2. The molecular formula is C25H26N2O2. The number of nitrogens with one attached hydrogen (secondary N) is 2. The predicted octanol–water partition coefficient (Wildman–Crippen LogP) is 4.29. The molecule has 3 rings (SSSR count). The number of benzene rings is 3. The van der Waals surface area contributed by atoms with E-state index < -0.39 is 0 Å². The van der Waals surface area contributed by atoms with Crippen LogP contribution in [0.5, 0.6) is 0 Å². The van der Waals surface area contributed by atoms with Crippen molar-refractivity contribution < 1.29 is 9.59 Å². The first kappa shape index (κ1) is 20.3. The van der Waals surface area contributed by atoms with Crippen molar-refractivity contribution in [1.82, 2.24) is 10.6 Å². The molecule has 0 spiro atoms. The van der Waals surface area contributed by atoms with Crippen molar-refractivity contribution in [2.75, 3.05) is 6.54 Å². The van der Waals surface area contributed by atoms with Gasteiger partial charge in [-0.2, -0.15) is 0 Å². The molecule has 3 aromatic carbocycles. The number of hydrogen-bond acceptors (Lipinski definition) is 2. The second kappa shape index (κ2) is 10.2. The summed E-state index contributed by atoms with van der Waals surface area (Å²) in [6, 6.07) is 25.0. The van der Waals surface area contributed by atoms with E-state index in [4.69, 9.17) is 0 Å². The van der Waals surface area contributed by atoms with Gasteiger partial charge in [0, 0.05) is 24.2 Å². The molecule has 4 nitrogen and oxygen atoms in total. The van der Waals surface area contributed by atoms with Gasteiger partial charge in [-0.25, -0.2) is 0 Å². The quantitative estimate of drug-likeness (QED) is 0.568. The average molecular weight is 386 g/mol. The van der Waals surface area contributed by atoms with Crippen molar-refractivity contribution in [2.24, 2.45) is 0 Å². The summed E-state index contributed by atoms with van der Waals surface area (Å²) in [5, 5.41) is 5.84. The molecule has 0 aliphatic carbocycles. The van der Waals surface area contributed by atoms with Gasteiger partial charge in [0.05, 0.1) is 0 Å². The molecule has 0 unspecified atom stereocenters. The maximum Gasteiger partial charge on any atom is 0.251 e. The summed E-state index contributed by atoms with van der Waals surface area (Å²) in [7, 11) is 0. The van der Waals surface area contributed by atoms with Crippen LogP contribution in [0.15, 0.2) is 78.9 Å². The van der Waals surface area contributed by atoms with E-state index in [1.807, 2.05) is 49.4 Å². The first-order chi connectivity index (χ1) is 14.1. The smallest absolute Gasteiger partial charge is 0.251 e. The van der Waals surface area contributed by atoms with E-state index in [0.29, 0.717) is 24.2 Å². The summed E-state index contributed by atoms with van der Waals surface area (Å²) in [6.07, 6.45) is 1.79. The lowest BCUT2D eigenvalue weighted by molar-refractivity contribution is 0.0950. The molecule has 0 aliphatic heterocycles. The van der Waals surface area contributed by atoms with Crippen molar-refractivity contribution in [3.63, 3.8) is 0 Å². The molecule has 3 aromatic rings. The summed E-state index contributed by atoms with van der Waals surface area (Å²) < 4.78 is 0. The van der Waals surface area contributed by atoms with Gasteiger partial charge in [-0.3, -0.25) is 9.59 Å². The molecule has 0 saturated heterocycles. The number of carbonyl (C=O) groups excluding carboxylic acids is 2. The number of carbonyl (C=O) groups is 2. The van der Waals surface area contributed by atoms with Gasteiger partial charge >= 0.3 is 0 Å². The lowest BCUT2D eigenvalue weighted by Gasteiger charge is -2.09. The van der Waals surface area contributed by atoms with E-state index in [-0.39, 0.29) is 11.8 Å². The van der Waals surface area contributed by atoms with Crippen molar-refractivity contribution in [2.45, 2.75) is 26.3 Å². The van der Waals surface area contributed by atoms with E-state index in [1.54, 1.807) is 24.3 Å². The Labute approximate surface area is 172 Å². The summed E-state index contributed by atoms with van der Waals surface area (Å²) >= 11 is 0. The highest BCUT2D eigenvalue weighted by atomic mass is 16.2. The molecule has 0 fully saturated rings. The zero-order valence-corrected chi connectivity index (χ0v) is 16.7. The Kier molecular flexibility index (Phi) is 7.17. The van der Waals surface area contributed by atoms with Crippen LogP contribution in [0.3, 0.4) is 0 Å². The first-order valence-corrected chi connectivity index (χ1v) is 9.88. The fraction of sp³-hybridized carbons (Fsp3) is 0.200. The minimum absolute atomic E-state index is 0.161. The standard InChI is InChI=1S/C25H26N2O2/c1-19-8-5-11-21(16-19)18-27-25(29)23-14-6-13-22(17-23)24(28)26-15-7-12-20-9-3-2-4-10-20/h2-6,8-11,13-14,16-17H,7,12,15,18H2,1H3,(H,26,28)(H,27,29). The maximum atomic E-state index is 12.5. The van der Waals surface area contributed by atoms with Gasteiger partial charge in [0.1, 0.15) is 0 Å². The Balaban J connectivity index is 1.50. The van der Waals surface area contributed by atoms with Crippen LogP contribution < -0.4 is 10.6 Å². The fourth-order valence-corrected chi connectivity index (χ4v) is 3.15. The molecule has 29 heavy (non-hydrogen) atoms. The summed E-state index contributed by atoms with van der Waals surface area (Å²) in [4.78, 5) is 24.9. The molecule has 4 heteroatoms. The lowest BCUT2D eigenvalue weighted by Crippen LogP contribution is -2.26. The van der Waals surface area contributed by atoms with Crippen LogP contribution in [0.4, 0.5) is 0 Å². The highest BCUT2D eigenvalue weighted by Crippen LogP contribution is 2.08. The fourth-order valence-electron chi connectivity index (χ4n) is 3.15. The Hall–Kier alpha value is -3.40. The zero-order chi connectivity index (χ0) is 20.5. The molecule has 0 atom stereocenters. The normalized spacial score (nSPS) is 10.4. The largest absolute Gasteiger partial charge is 0.352 e. The lowest BCUT2D eigenvalue weighted by atomic mass is 10.1. The first-order valence-electron chi connectivity index (χ1n) is 9.88. The minimum Gasteiger partial charge on any atom is -0.352 e. The van der Waals surface area contributed by atoms with Crippen LogP contribution in [0.1, 0.15) is 43.8 Å². The Bertz CT molecular complexity index is 967. The molecule has 0 radical (unpaired) electrons. The Morgan fingerprint density at radius 1 is 0.724 bits per heavy atom. The second-order valence-electron chi connectivity index (χ2n) is 7.10. The topological polar surface area (TPSA) is 58.2 Å². The molecular weight excluding hydrogens is 360 g/mol. The summed E-state index contributed by atoms with van der Waals surface area (Å²) in [6.45, 7) is 3.07. The molecule has 2 N–H and O–H groups in total. The van der Waals surface area contributed by atoms with E-state index >= 15 is 0 Å². The monoisotopic (exact) mass is 386 g/mol. The van der Waals surface area contributed by atoms with Crippen molar-refractivity contribution in [3.8, 4) is 0 Å². The summed E-state index contributed by atoms with van der Waals surface area (Å²) in [5.41, 5.74) is 4.44. The molecule has 0 heterocycles. The number of hydrogen-bond donors (Lipinski definition) is 2. The number of rotatable bonds is 8. The maximum absolute atomic E-state index is 12.5. The van der Waals surface area contributed by atoms with Gasteiger partial charge in [0.15, 0.2) is 0 Å². The minimum atomic E-state index is -0.190. The van der Waals surface area contributed by atoms with Gasteiger partial charge in [-0.1, -0.05) is 66.2 Å². The molecule has 0 saturated carbocycles. The van der Waals surface area contributed by atoms with Gasteiger partial charge in [0.25, 0.3) is 11.8 Å². The van der Waals surface area contributed by atoms with Crippen LogP contribution in [0, 0.1) is 6.92 Å². The molecule has 0 aliphatic rings. The van der Waals surface area contributed by atoms with E-state index in [9.17, 15) is 9.59 Å². The van der Waals surface area contributed by atoms with Gasteiger partial charge in [-0.05, 0) is 49.1 Å². The van der Waals surface area contributed by atoms with Crippen molar-refractivity contribution in [3.05, 3.63) is 107 Å². The van der Waals surface area contributed by atoms with E-state index in [1.165, 1.54) is 5.56 Å². The van der Waals surface area contributed by atoms with Gasteiger partial charge in [-0.15, -0.1) is 0 Å². The van der Waals surface area contributed by atoms with Crippen LogP contribution in [-0.2, 0) is 13.0 Å². The summed E-state index contributed by atoms with van der Waals surface area (Å²) in [5.74, 6) is -0.350. The van der Waals surface area contributed by atoms with Crippen LogP contribution in [0.2, 0.25) is 0 Å². The molecule has 148 valence electrons. The van der Waals surface area contributed by atoms with Crippen LogP contribution in [0.25, 0.3) is 0 Å². The third-order valence-electron chi connectivity index (χ3n) is 4.69. The second-order valence-corrected chi connectivity index (χ2v) is 7.10. The van der Waals surface area contributed by atoms with Crippen LogP contribution in [-0.4, -0.2) is 18.4 Å². The Morgan fingerprint density at radius 2 is 1.38 bits per heavy atom. The Morgan fingerprint density at radius 3 is 2.10 bits per heavy atom. The van der Waals surface area contributed by atoms with Crippen molar-refractivity contribution >= 4 is 11.8 Å². The third kappa shape index (κ3) is 6.32. The number of amides is 2. The van der Waals surface area contributed by atoms with Gasteiger partial charge < -0.3 is 10.6 Å². The SMILES string of the molecule is Cc1cccc(CNC(=O)c2cccc(C(=O)NCCCc3ccccc3)c2)c1. The average Bonchev–Trinajstić information content (AvgIpc) is 2.76. The van der Waals surface area contributed by atoms with Crippen molar-refractivity contribution in [1.29, 1.82) is 0 Å². The molecule has 0 bridgehead atoms. The van der Waals surface area contributed by atoms with Crippen LogP contribution >= 0.6 is 0 Å². The molecule has 2 amide bonds. The van der Waals surface area contributed by atoms with Gasteiger partial charge in [0.2, 0.25) is 0 Å². The zero-order valence-electron chi connectivity index (χ0n) is 16.7. The third-order valence-corrected chi connectivity index (χ3v) is 4.69. The molecule has 0 aromatic heterocycles. The van der Waals surface area contributed by atoms with E-state index in [2.05, 4.69) is 22.8 Å².